The van der Waals surface area contributed by atoms with E-state index in [0.29, 0.717) is 36.7 Å². The van der Waals surface area contributed by atoms with Gasteiger partial charge in [0.1, 0.15) is 5.75 Å². The number of nitrogens with zero attached hydrogens (tertiary/aromatic N) is 1. The second kappa shape index (κ2) is 8.84. The molecule has 29 heavy (non-hydrogen) atoms. The molecule has 0 spiro atoms. The number of morpholine rings is 1. The summed E-state index contributed by atoms with van der Waals surface area (Å²) >= 11 is 0. The monoisotopic (exact) mass is 418 g/mol. The zero-order valence-electron chi connectivity index (χ0n) is 16.8. The Morgan fingerprint density at radius 3 is 2.21 bits per heavy atom. The fraction of sp³-hybridized carbons (Fsp3) is 0.381. The Bertz CT molecular complexity index is 932. The van der Waals surface area contributed by atoms with Gasteiger partial charge in [-0.25, -0.2) is 8.42 Å². The number of hydrogen-bond acceptors (Lipinski definition) is 5. The maximum absolute atomic E-state index is 12.7. The van der Waals surface area contributed by atoms with Crippen LogP contribution in [0.2, 0.25) is 0 Å². The van der Waals surface area contributed by atoms with Gasteiger partial charge in [-0.2, -0.15) is 0 Å². The highest BCUT2D eigenvalue weighted by Gasteiger charge is 2.26. The highest BCUT2D eigenvalue weighted by molar-refractivity contribution is 7.92. The lowest BCUT2D eigenvalue weighted by Crippen LogP contribution is -2.48. The Labute approximate surface area is 171 Å². The molecule has 8 heteroatoms. The van der Waals surface area contributed by atoms with E-state index in [2.05, 4.69) is 4.72 Å². The summed E-state index contributed by atoms with van der Waals surface area (Å²) in [5, 5.41) is 0. The minimum atomic E-state index is -3.73. The van der Waals surface area contributed by atoms with E-state index < -0.39 is 10.0 Å². The van der Waals surface area contributed by atoms with Crippen molar-refractivity contribution in [3.63, 3.8) is 0 Å². The molecular weight excluding hydrogens is 392 g/mol. The number of benzene rings is 2. The molecule has 1 aliphatic rings. The Kier molecular flexibility index (Phi) is 6.44. The second-order valence-electron chi connectivity index (χ2n) is 7.05. The lowest BCUT2D eigenvalue weighted by Gasteiger charge is -2.35. The van der Waals surface area contributed by atoms with Crippen molar-refractivity contribution in [1.29, 1.82) is 0 Å². The average molecular weight is 419 g/mol. The molecule has 0 radical (unpaired) electrons. The number of anilines is 1. The third-order valence-electron chi connectivity index (χ3n) is 4.54. The summed E-state index contributed by atoms with van der Waals surface area (Å²) < 4.78 is 38.7. The maximum atomic E-state index is 12.7. The summed E-state index contributed by atoms with van der Waals surface area (Å²) in [4.78, 5) is 14.6. The Hall–Kier alpha value is -2.58. The molecule has 0 saturated carbocycles. The number of carbonyl (C=O) groups excluding carboxylic acids is 1. The Balaban J connectivity index is 1.69. The zero-order chi connectivity index (χ0) is 21.0. The van der Waals surface area contributed by atoms with Gasteiger partial charge in [-0.05, 0) is 69.3 Å². The normalized spacial score (nSPS) is 19.6. The van der Waals surface area contributed by atoms with Crippen molar-refractivity contribution in [3.8, 4) is 5.75 Å². The van der Waals surface area contributed by atoms with Crippen LogP contribution in [-0.4, -0.2) is 51.1 Å². The molecule has 2 atom stereocenters. The predicted molar refractivity (Wildman–Crippen MR) is 111 cm³/mol. The summed E-state index contributed by atoms with van der Waals surface area (Å²) in [6.45, 7) is 7.33. The lowest BCUT2D eigenvalue weighted by molar-refractivity contribution is -0.0586. The van der Waals surface area contributed by atoms with Gasteiger partial charge in [0.05, 0.1) is 23.7 Å². The number of sulfonamides is 1. The molecule has 156 valence electrons. The molecule has 3 rings (SSSR count). The second-order valence-corrected chi connectivity index (χ2v) is 8.74. The summed E-state index contributed by atoms with van der Waals surface area (Å²) in [5.74, 6) is 0.522. The average Bonchev–Trinajstić information content (AvgIpc) is 2.68. The van der Waals surface area contributed by atoms with Crippen LogP contribution in [0.4, 0.5) is 5.69 Å². The SMILES string of the molecule is CCOc1ccc(S(=O)(=O)Nc2ccc(C(=O)N3C[C@@H](C)O[C@@H](C)C3)cc2)cc1. The van der Waals surface area contributed by atoms with E-state index in [-0.39, 0.29) is 23.0 Å². The van der Waals surface area contributed by atoms with Gasteiger partial charge >= 0.3 is 0 Å². The van der Waals surface area contributed by atoms with Crippen molar-refractivity contribution >= 4 is 21.6 Å². The first-order valence-electron chi connectivity index (χ1n) is 9.59. The van der Waals surface area contributed by atoms with Crippen LogP contribution in [0.3, 0.4) is 0 Å². The van der Waals surface area contributed by atoms with Crippen molar-refractivity contribution in [3.05, 3.63) is 54.1 Å². The summed E-state index contributed by atoms with van der Waals surface area (Å²) in [6.07, 6.45) is -0.0224. The third kappa shape index (κ3) is 5.27. The molecule has 1 saturated heterocycles. The van der Waals surface area contributed by atoms with Gasteiger partial charge in [0, 0.05) is 24.3 Å². The van der Waals surface area contributed by atoms with E-state index in [1.165, 1.54) is 12.1 Å². The van der Waals surface area contributed by atoms with Crippen molar-refractivity contribution in [2.24, 2.45) is 0 Å². The van der Waals surface area contributed by atoms with Gasteiger partial charge in [0.2, 0.25) is 0 Å². The largest absolute Gasteiger partial charge is 0.494 e. The smallest absolute Gasteiger partial charge is 0.261 e. The maximum Gasteiger partial charge on any atom is 0.261 e. The van der Waals surface area contributed by atoms with Crippen LogP contribution in [0.15, 0.2) is 53.4 Å². The van der Waals surface area contributed by atoms with Crippen LogP contribution < -0.4 is 9.46 Å². The minimum Gasteiger partial charge on any atom is -0.494 e. The number of rotatable bonds is 6. The van der Waals surface area contributed by atoms with E-state index in [9.17, 15) is 13.2 Å². The highest BCUT2D eigenvalue weighted by Crippen LogP contribution is 2.21. The molecule has 1 heterocycles. The van der Waals surface area contributed by atoms with E-state index in [0.717, 1.165) is 0 Å². The van der Waals surface area contributed by atoms with Crippen LogP contribution >= 0.6 is 0 Å². The van der Waals surface area contributed by atoms with E-state index in [1.54, 1.807) is 41.3 Å². The summed E-state index contributed by atoms with van der Waals surface area (Å²) in [7, 11) is -3.73. The number of amides is 1. The van der Waals surface area contributed by atoms with Crippen molar-refractivity contribution in [1.82, 2.24) is 4.90 Å². The molecule has 0 aliphatic carbocycles. The number of ether oxygens (including phenoxy) is 2. The van der Waals surface area contributed by atoms with Crippen LogP contribution in [0.5, 0.6) is 5.75 Å². The van der Waals surface area contributed by atoms with Crippen LogP contribution in [0.25, 0.3) is 0 Å². The molecule has 1 fully saturated rings. The van der Waals surface area contributed by atoms with E-state index >= 15 is 0 Å². The lowest BCUT2D eigenvalue weighted by atomic mass is 10.1. The molecule has 1 N–H and O–H groups in total. The molecule has 1 amide bonds. The van der Waals surface area contributed by atoms with Crippen LogP contribution in [-0.2, 0) is 14.8 Å². The third-order valence-corrected chi connectivity index (χ3v) is 5.93. The van der Waals surface area contributed by atoms with Crippen molar-refractivity contribution in [2.45, 2.75) is 37.9 Å². The van der Waals surface area contributed by atoms with Crippen LogP contribution in [0, 0.1) is 0 Å². The first-order chi connectivity index (χ1) is 13.8. The minimum absolute atomic E-state index is 0.0112. The molecule has 2 aromatic rings. The van der Waals surface area contributed by atoms with E-state index in [4.69, 9.17) is 9.47 Å². The molecule has 2 aromatic carbocycles. The fourth-order valence-electron chi connectivity index (χ4n) is 3.30. The molecule has 0 bridgehead atoms. The van der Waals surface area contributed by atoms with Crippen LogP contribution in [0.1, 0.15) is 31.1 Å². The van der Waals surface area contributed by atoms with Gasteiger partial charge < -0.3 is 14.4 Å². The first-order valence-corrected chi connectivity index (χ1v) is 11.1. The Morgan fingerprint density at radius 2 is 1.66 bits per heavy atom. The van der Waals surface area contributed by atoms with E-state index in [1.807, 2.05) is 20.8 Å². The number of hydrogen-bond donors (Lipinski definition) is 1. The van der Waals surface area contributed by atoms with Gasteiger partial charge in [0.15, 0.2) is 0 Å². The topological polar surface area (TPSA) is 84.9 Å². The predicted octanol–water partition coefficient (Wildman–Crippen LogP) is 3.14. The van der Waals surface area contributed by atoms with Gasteiger partial charge in [-0.15, -0.1) is 0 Å². The van der Waals surface area contributed by atoms with Crippen molar-refractivity contribution in [2.75, 3.05) is 24.4 Å². The standard InChI is InChI=1S/C21H26N2O5S/c1-4-27-19-9-11-20(12-10-19)29(25,26)22-18-7-5-17(6-8-18)21(24)23-13-15(2)28-16(3)14-23/h5-12,15-16,22H,4,13-14H2,1-3H3/t15-,16+. The summed E-state index contributed by atoms with van der Waals surface area (Å²) in [5.41, 5.74) is 0.898. The fourth-order valence-corrected chi connectivity index (χ4v) is 4.36. The molecule has 0 unspecified atom stereocenters. The highest BCUT2D eigenvalue weighted by atomic mass is 32.2. The Morgan fingerprint density at radius 1 is 1.07 bits per heavy atom. The van der Waals surface area contributed by atoms with Gasteiger partial charge in [-0.1, -0.05) is 0 Å². The summed E-state index contributed by atoms with van der Waals surface area (Å²) in [6, 6.07) is 12.7. The van der Waals surface area contributed by atoms with Gasteiger partial charge in [0.25, 0.3) is 15.9 Å². The quantitative estimate of drug-likeness (QED) is 0.779. The number of nitrogens with one attached hydrogen (secondary N) is 1. The van der Waals surface area contributed by atoms with Crippen molar-refractivity contribution < 1.29 is 22.7 Å². The first kappa shape index (κ1) is 21.1. The number of carbonyl (C=O) groups is 1. The van der Waals surface area contributed by atoms with Gasteiger partial charge in [-0.3, -0.25) is 9.52 Å². The zero-order valence-corrected chi connectivity index (χ0v) is 17.6. The molecule has 7 nitrogen and oxygen atoms in total. The molecule has 1 aliphatic heterocycles. The molecular formula is C21H26N2O5S. The molecule has 0 aromatic heterocycles.